The number of methoxy groups -OCH3 is 1. The molecule has 12 heteroatoms. The van der Waals surface area contributed by atoms with Crippen LogP contribution in [0.3, 0.4) is 0 Å². The molecule has 3 aliphatic rings. The Morgan fingerprint density at radius 2 is 1.91 bits per heavy atom. The molecule has 45 heavy (non-hydrogen) atoms. The summed E-state index contributed by atoms with van der Waals surface area (Å²) in [4.78, 5) is 71.6. The second-order valence-electron chi connectivity index (χ2n) is 13.7. The highest BCUT2D eigenvalue weighted by Crippen LogP contribution is 2.65. The van der Waals surface area contributed by atoms with Crippen molar-refractivity contribution in [3.63, 3.8) is 0 Å². The van der Waals surface area contributed by atoms with Crippen LogP contribution in [0, 0.1) is 29.1 Å². The fraction of sp³-hybridized carbons (Fsp3) is 0.606. The Balaban J connectivity index is 1.36. The number of ether oxygens (including phenoxy) is 1. The molecular weight excluding hydrogens is 598 g/mol. The Morgan fingerprint density at radius 1 is 1.16 bits per heavy atom. The normalized spacial score (nSPS) is 24.9. The third kappa shape index (κ3) is 6.55. The van der Waals surface area contributed by atoms with E-state index in [0.29, 0.717) is 37.4 Å². The summed E-state index contributed by atoms with van der Waals surface area (Å²) in [5.41, 5.74) is 0.871. The van der Waals surface area contributed by atoms with E-state index in [9.17, 15) is 24.0 Å². The van der Waals surface area contributed by atoms with E-state index in [4.69, 9.17) is 16.3 Å². The van der Waals surface area contributed by atoms with Gasteiger partial charge in [-0.2, -0.15) is 0 Å². The van der Waals surface area contributed by atoms with Crippen molar-refractivity contribution in [3.8, 4) is 5.75 Å². The quantitative estimate of drug-likeness (QED) is 0.262. The third-order valence-electron chi connectivity index (χ3n) is 9.92. The number of carbonyl (C=O) groups is 5. The van der Waals surface area contributed by atoms with Crippen molar-refractivity contribution in [2.24, 2.45) is 29.1 Å². The number of alkyl halides is 1. The van der Waals surface area contributed by atoms with Gasteiger partial charge in [0, 0.05) is 29.9 Å². The predicted octanol–water partition coefficient (Wildman–Crippen LogP) is 3.01. The maximum atomic E-state index is 14.2. The minimum absolute atomic E-state index is 0.0790. The number of hydrogen-bond donors (Lipinski definition) is 4. The van der Waals surface area contributed by atoms with E-state index in [1.54, 1.807) is 18.1 Å². The average molecular weight is 642 g/mol. The fourth-order valence-corrected chi connectivity index (χ4v) is 7.52. The molecule has 2 aromatic rings. The molecule has 0 unspecified atom stereocenters. The van der Waals surface area contributed by atoms with Gasteiger partial charge in [-0.1, -0.05) is 33.8 Å². The molecule has 1 saturated carbocycles. The Bertz CT molecular complexity index is 1490. The van der Waals surface area contributed by atoms with Crippen molar-refractivity contribution in [2.75, 3.05) is 26.1 Å². The Labute approximate surface area is 268 Å². The summed E-state index contributed by atoms with van der Waals surface area (Å²) in [6.07, 6.45) is 1.95. The van der Waals surface area contributed by atoms with E-state index >= 15 is 0 Å². The van der Waals surface area contributed by atoms with Gasteiger partial charge < -0.3 is 30.6 Å². The molecule has 5 rings (SSSR count). The Kier molecular flexibility index (Phi) is 9.49. The zero-order valence-corrected chi connectivity index (χ0v) is 27.3. The van der Waals surface area contributed by atoms with E-state index in [0.717, 1.165) is 17.3 Å². The van der Waals surface area contributed by atoms with E-state index < -0.39 is 35.9 Å². The summed E-state index contributed by atoms with van der Waals surface area (Å²) in [6.45, 7) is 9.07. The lowest BCUT2D eigenvalue weighted by molar-refractivity contribution is -0.142. The van der Waals surface area contributed by atoms with E-state index in [2.05, 4.69) is 34.8 Å². The third-order valence-corrected chi connectivity index (χ3v) is 10.2. The molecular formula is C33H44ClN5O6. The molecule has 1 aliphatic carbocycles. The van der Waals surface area contributed by atoms with Crippen LogP contribution in [0.1, 0.15) is 63.9 Å². The number of fused-ring (bicyclic) bond motifs is 2. The number of likely N-dealkylation sites (tertiary alicyclic amines) is 1. The zero-order valence-electron chi connectivity index (χ0n) is 26.6. The summed E-state index contributed by atoms with van der Waals surface area (Å²) in [5.74, 6) is -1.69. The van der Waals surface area contributed by atoms with Crippen molar-refractivity contribution in [1.82, 2.24) is 25.8 Å². The number of amides is 4. The van der Waals surface area contributed by atoms with Gasteiger partial charge in [0.1, 0.15) is 23.5 Å². The highest BCUT2D eigenvalue weighted by Gasteiger charge is 2.69. The lowest BCUT2D eigenvalue weighted by Crippen LogP contribution is -2.58. The standard InChI is InChI=1S/C33H44ClN5O6/c1-17(2)12-24(38-30(42)23-14-19-21(36-23)9-6-10-26(19)45-5)32(44)39-16-20-27(33(20,3)4)28(39)31(43)37-22(25(40)15-34)13-18-8-7-11-35-29(18)41/h6,9-10,14,17-18,20,22,24,27-28,36H,7-8,11-13,15-16H2,1-5H3,(H,35,41)(H,37,43)(H,38,42)/t18-,20-,22-,24-,27-,28-/m0/s1. The number of Topliss-reactive ketones (excluding diaryl/α,β-unsaturated/α-hetero) is 1. The second kappa shape index (κ2) is 13.0. The minimum atomic E-state index is -0.938. The van der Waals surface area contributed by atoms with Crippen molar-refractivity contribution >= 4 is 51.9 Å². The number of H-pyrrole nitrogens is 1. The number of benzene rings is 1. The van der Waals surface area contributed by atoms with Crippen molar-refractivity contribution < 1.29 is 28.7 Å². The molecule has 0 spiro atoms. The molecule has 244 valence electrons. The average Bonchev–Trinajstić information content (AvgIpc) is 3.38. The summed E-state index contributed by atoms with van der Waals surface area (Å²) in [5, 5.41) is 9.38. The number of aromatic nitrogens is 1. The molecule has 3 heterocycles. The van der Waals surface area contributed by atoms with Gasteiger partial charge in [0.2, 0.25) is 17.7 Å². The SMILES string of the molecule is COc1cccc2[nH]c(C(=O)N[C@@H](CC(C)C)C(=O)N3C[C@H]4[C@@H]([C@H]3C(=O)N[C@@H](C[C@@H]3CCCNC3=O)C(=O)CCl)C4(C)C)cc12. The molecule has 2 saturated heterocycles. The predicted molar refractivity (Wildman–Crippen MR) is 170 cm³/mol. The topological polar surface area (TPSA) is 150 Å². The lowest BCUT2D eigenvalue weighted by Gasteiger charge is -2.34. The van der Waals surface area contributed by atoms with Crippen LogP contribution in [0.2, 0.25) is 0 Å². The van der Waals surface area contributed by atoms with E-state index in [-0.39, 0.29) is 53.1 Å². The van der Waals surface area contributed by atoms with Crippen LogP contribution in [0.4, 0.5) is 0 Å². The number of halogens is 1. The number of aromatic amines is 1. The molecule has 2 aliphatic heterocycles. The first-order valence-corrected chi connectivity index (χ1v) is 16.3. The monoisotopic (exact) mass is 641 g/mol. The first kappa shape index (κ1) is 32.8. The number of ketones is 1. The molecule has 4 amide bonds. The maximum absolute atomic E-state index is 14.2. The molecule has 1 aromatic heterocycles. The van der Waals surface area contributed by atoms with Gasteiger partial charge in [0.15, 0.2) is 5.78 Å². The number of piperidine rings is 2. The van der Waals surface area contributed by atoms with Gasteiger partial charge in [0.25, 0.3) is 5.91 Å². The van der Waals surface area contributed by atoms with Crippen LogP contribution in [-0.4, -0.2) is 83.5 Å². The zero-order chi connectivity index (χ0) is 32.6. The van der Waals surface area contributed by atoms with Crippen LogP contribution < -0.4 is 20.7 Å². The Hall–Kier alpha value is -3.60. The van der Waals surface area contributed by atoms with Gasteiger partial charge in [-0.25, -0.2) is 0 Å². The molecule has 6 atom stereocenters. The highest BCUT2D eigenvalue weighted by atomic mass is 35.5. The van der Waals surface area contributed by atoms with Gasteiger partial charge in [-0.05, 0) is 67.1 Å². The van der Waals surface area contributed by atoms with Crippen LogP contribution in [0.15, 0.2) is 24.3 Å². The van der Waals surface area contributed by atoms with E-state index in [1.807, 2.05) is 32.0 Å². The molecule has 4 N–H and O–H groups in total. The van der Waals surface area contributed by atoms with E-state index in [1.165, 1.54) is 0 Å². The lowest BCUT2D eigenvalue weighted by atomic mass is 9.90. The second-order valence-corrected chi connectivity index (χ2v) is 13.9. The van der Waals surface area contributed by atoms with Crippen LogP contribution in [0.5, 0.6) is 5.75 Å². The number of hydrogen-bond acceptors (Lipinski definition) is 6. The van der Waals surface area contributed by atoms with Gasteiger partial charge >= 0.3 is 0 Å². The summed E-state index contributed by atoms with van der Waals surface area (Å²) in [6, 6.07) is 4.56. The first-order chi connectivity index (χ1) is 21.4. The van der Waals surface area contributed by atoms with Gasteiger partial charge in [-0.15, -0.1) is 11.6 Å². The molecule has 0 bridgehead atoms. The van der Waals surface area contributed by atoms with Gasteiger partial charge in [0.05, 0.1) is 19.0 Å². The highest BCUT2D eigenvalue weighted by molar-refractivity contribution is 6.28. The number of nitrogens with one attached hydrogen (secondary N) is 4. The molecule has 11 nitrogen and oxygen atoms in total. The number of carbonyl (C=O) groups excluding carboxylic acids is 5. The summed E-state index contributed by atoms with van der Waals surface area (Å²) >= 11 is 5.92. The minimum Gasteiger partial charge on any atom is -0.496 e. The molecule has 0 radical (unpaired) electrons. The fourth-order valence-electron chi connectivity index (χ4n) is 7.34. The maximum Gasteiger partial charge on any atom is 0.268 e. The van der Waals surface area contributed by atoms with Crippen LogP contribution in [-0.2, 0) is 19.2 Å². The summed E-state index contributed by atoms with van der Waals surface area (Å²) < 4.78 is 5.42. The van der Waals surface area contributed by atoms with Crippen molar-refractivity contribution in [3.05, 3.63) is 30.0 Å². The number of rotatable bonds is 12. The first-order valence-electron chi connectivity index (χ1n) is 15.8. The molecule has 3 fully saturated rings. The van der Waals surface area contributed by atoms with Crippen molar-refractivity contribution in [2.45, 2.75) is 71.5 Å². The number of nitrogens with zero attached hydrogens (tertiary/aromatic N) is 1. The van der Waals surface area contributed by atoms with Crippen LogP contribution >= 0.6 is 11.6 Å². The molecule has 1 aromatic carbocycles. The van der Waals surface area contributed by atoms with Crippen LogP contribution in [0.25, 0.3) is 10.9 Å². The van der Waals surface area contributed by atoms with Gasteiger partial charge in [-0.3, -0.25) is 24.0 Å². The van der Waals surface area contributed by atoms with Crippen molar-refractivity contribution in [1.29, 1.82) is 0 Å². The smallest absolute Gasteiger partial charge is 0.268 e. The largest absolute Gasteiger partial charge is 0.496 e. The summed E-state index contributed by atoms with van der Waals surface area (Å²) in [7, 11) is 1.56. The Morgan fingerprint density at radius 3 is 2.58 bits per heavy atom.